The van der Waals surface area contributed by atoms with E-state index >= 15 is 0 Å². The van der Waals surface area contributed by atoms with Crippen LogP contribution in [0.4, 0.5) is 0 Å². The van der Waals surface area contributed by atoms with Gasteiger partial charge in [-0.3, -0.25) is 14.5 Å². The second kappa shape index (κ2) is 12.5. The van der Waals surface area contributed by atoms with Crippen LogP contribution in [0.15, 0.2) is 66.7 Å². The SMILES string of the molecule is CC(=O)OC(CN1CC[C@]23c4c5cccc4O[C@H]2[C@@H](N(CC(C)C)C(=O)Cc2ccc(Cl)c(Cl)c2)CC[C@H]3[C@H]1C5)c1ccccc1. The van der Waals surface area contributed by atoms with Crippen LogP contribution in [0, 0.1) is 11.8 Å². The minimum Gasteiger partial charge on any atom is -0.487 e. The van der Waals surface area contributed by atoms with Gasteiger partial charge in [0.05, 0.1) is 22.5 Å². The molecular formula is C38H42Cl2N2O4. The Bertz CT molecular complexity index is 1630. The van der Waals surface area contributed by atoms with E-state index in [9.17, 15) is 9.59 Å². The van der Waals surface area contributed by atoms with Crippen LogP contribution in [0.5, 0.6) is 5.75 Å². The first kappa shape index (κ1) is 31.5. The van der Waals surface area contributed by atoms with Crippen molar-refractivity contribution in [1.29, 1.82) is 0 Å². The molecule has 2 heterocycles. The number of piperidine rings is 1. The summed E-state index contributed by atoms with van der Waals surface area (Å²) in [5, 5.41) is 0.954. The van der Waals surface area contributed by atoms with Crippen molar-refractivity contribution in [2.24, 2.45) is 11.8 Å². The van der Waals surface area contributed by atoms with E-state index in [-0.39, 0.29) is 42.0 Å². The molecule has 2 fully saturated rings. The Hall–Kier alpha value is -3.06. The van der Waals surface area contributed by atoms with Gasteiger partial charge in [0.15, 0.2) is 0 Å². The molecule has 1 saturated heterocycles. The van der Waals surface area contributed by atoms with Crippen molar-refractivity contribution < 1.29 is 19.1 Å². The molecule has 3 aromatic rings. The van der Waals surface area contributed by atoms with Crippen LogP contribution in [0.1, 0.15) is 68.4 Å². The zero-order chi connectivity index (χ0) is 32.2. The fourth-order valence-electron chi connectivity index (χ4n) is 9.15. The summed E-state index contributed by atoms with van der Waals surface area (Å²) in [6.07, 6.45) is 3.63. The second-order valence-electron chi connectivity index (χ2n) is 14.0. The number of hydrogen-bond acceptors (Lipinski definition) is 5. The Morgan fingerprint density at radius 2 is 1.85 bits per heavy atom. The van der Waals surface area contributed by atoms with E-state index in [0.29, 0.717) is 41.0 Å². The average molecular weight is 662 g/mol. The van der Waals surface area contributed by atoms with Crippen LogP contribution < -0.4 is 4.74 Å². The highest BCUT2D eigenvalue weighted by molar-refractivity contribution is 6.42. The van der Waals surface area contributed by atoms with Gasteiger partial charge in [0.2, 0.25) is 5.91 Å². The smallest absolute Gasteiger partial charge is 0.303 e. The third-order valence-electron chi connectivity index (χ3n) is 10.8. The van der Waals surface area contributed by atoms with Crippen LogP contribution in [0.25, 0.3) is 0 Å². The molecular weight excluding hydrogens is 619 g/mol. The predicted octanol–water partition coefficient (Wildman–Crippen LogP) is 7.43. The van der Waals surface area contributed by atoms with Gasteiger partial charge in [0.25, 0.3) is 0 Å². The first-order valence-electron chi connectivity index (χ1n) is 16.6. The van der Waals surface area contributed by atoms with Crippen molar-refractivity contribution in [3.05, 3.63) is 99.0 Å². The van der Waals surface area contributed by atoms with Gasteiger partial charge < -0.3 is 14.4 Å². The van der Waals surface area contributed by atoms with Gasteiger partial charge in [-0.1, -0.05) is 85.6 Å². The van der Waals surface area contributed by atoms with Crippen LogP contribution in [-0.4, -0.2) is 59.5 Å². The Labute approximate surface area is 281 Å². The molecule has 2 aliphatic heterocycles. The maximum atomic E-state index is 14.2. The third-order valence-corrected chi connectivity index (χ3v) is 11.5. The van der Waals surface area contributed by atoms with Crippen LogP contribution >= 0.6 is 23.2 Å². The van der Waals surface area contributed by atoms with Gasteiger partial charge in [0.1, 0.15) is 18.0 Å². The standard InChI is InChI=1S/C38H42Cl2N2O4/c1-23(2)21-42(35(44)19-25-12-14-29(39)30(40)18-25)31-15-13-28-32-20-27-10-7-11-33-36(27)38(28,37(31)46-33)16-17-41(32)22-34(45-24(3)43)26-8-5-4-6-9-26/h4-12,14,18,23,28,31-32,34,37H,13,15-17,19-22H2,1-3H3/t28-,31-,32+,34?,37-,38-/m0/s1. The molecule has 0 radical (unpaired) electrons. The van der Waals surface area contributed by atoms with Gasteiger partial charge in [-0.05, 0) is 79.0 Å². The topological polar surface area (TPSA) is 59.1 Å². The van der Waals surface area contributed by atoms with Crippen molar-refractivity contribution in [1.82, 2.24) is 9.80 Å². The zero-order valence-corrected chi connectivity index (χ0v) is 28.3. The Balaban J connectivity index is 1.21. The third kappa shape index (κ3) is 5.50. The maximum absolute atomic E-state index is 14.2. The molecule has 1 amide bonds. The van der Waals surface area contributed by atoms with Crippen LogP contribution in [0.2, 0.25) is 10.0 Å². The van der Waals surface area contributed by atoms with Crippen molar-refractivity contribution in [2.45, 2.75) is 82.6 Å². The minimum atomic E-state index is -0.326. The highest BCUT2D eigenvalue weighted by Gasteiger charge is 2.66. The number of amides is 1. The first-order valence-corrected chi connectivity index (χ1v) is 17.4. The van der Waals surface area contributed by atoms with E-state index in [1.54, 1.807) is 12.1 Å². The van der Waals surface area contributed by atoms with E-state index in [1.807, 2.05) is 36.4 Å². The summed E-state index contributed by atoms with van der Waals surface area (Å²) >= 11 is 12.5. The predicted molar refractivity (Wildman–Crippen MR) is 180 cm³/mol. The van der Waals surface area contributed by atoms with Gasteiger partial charge in [-0.25, -0.2) is 0 Å². The summed E-state index contributed by atoms with van der Waals surface area (Å²) in [5.74, 6) is 1.53. The van der Waals surface area contributed by atoms with Crippen LogP contribution in [-0.2, 0) is 32.6 Å². The Morgan fingerprint density at radius 1 is 1.04 bits per heavy atom. The Morgan fingerprint density at radius 3 is 2.59 bits per heavy atom. The Kier molecular flexibility index (Phi) is 8.58. The molecule has 8 heteroatoms. The number of nitrogens with zero attached hydrogens (tertiary/aromatic N) is 2. The molecule has 6 atom stereocenters. The molecule has 1 spiro atoms. The minimum absolute atomic E-state index is 0.0300. The van der Waals surface area contributed by atoms with E-state index in [4.69, 9.17) is 32.7 Å². The number of carbonyl (C=O) groups excluding carboxylic acids is 2. The molecule has 46 heavy (non-hydrogen) atoms. The van der Waals surface area contributed by atoms with Crippen molar-refractivity contribution in [3.63, 3.8) is 0 Å². The molecule has 0 aromatic heterocycles. The number of likely N-dealkylation sites (tertiary alicyclic amines) is 1. The van der Waals surface area contributed by atoms with E-state index in [0.717, 1.165) is 49.1 Å². The lowest BCUT2D eigenvalue weighted by molar-refractivity contribution is -0.152. The molecule has 2 bridgehead atoms. The summed E-state index contributed by atoms with van der Waals surface area (Å²) in [7, 11) is 0. The van der Waals surface area contributed by atoms with Crippen molar-refractivity contribution in [2.75, 3.05) is 19.6 Å². The molecule has 6 nitrogen and oxygen atoms in total. The summed E-state index contributed by atoms with van der Waals surface area (Å²) in [4.78, 5) is 31.1. The van der Waals surface area contributed by atoms with Gasteiger partial charge in [-0.15, -0.1) is 0 Å². The lowest BCUT2D eigenvalue weighted by Crippen LogP contribution is -2.69. The molecule has 7 rings (SSSR count). The van der Waals surface area contributed by atoms with E-state index in [1.165, 1.54) is 18.1 Å². The largest absolute Gasteiger partial charge is 0.487 e. The molecule has 242 valence electrons. The molecule has 3 aromatic carbocycles. The van der Waals surface area contributed by atoms with Gasteiger partial charge in [0, 0.05) is 37.0 Å². The summed E-state index contributed by atoms with van der Waals surface area (Å²) in [6, 6.07) is 22.3. The number of ether oxygens (including phenoxy) is 2. The zero-order valence-electron chi connectivity index (χ0n) is 26.8. The number of esters is 1. The highest BCUT2D eigenvalue weighted by Crippen LogP contribution is 2.62. The number of hydrogen-bond donors (Lipinski definition) is 0. The number of halogens is 2. The lowest BCUT2D eigenvalue weighted by atomic mass is 9.51. The second-order valence-corrected chi connectivity index (χ2v) is 14.8. The van der Waals surface area contributed by atoms with Crippen molar-refractivity contribution >= 4 is 35.1 Å². The average Bonchev–Trinajstić information content (AvgIpc) is 3.37. The lowest BCUT2D eigenvalue weighted by Gasteiger charge is -2.60. The normalized spacial score (nSPS) is 26.7. The summed E-state index contributed by atoms with van der Waals surface area (Å²) < 4.78 is 12.9. The van der Waals surface area contributed by atoms with E-state index in [2.05, 4.69) is 41.8 Å². The molecule has 1 unspecified atom stereocenters. The molecule has 4 aliphatic rings. The summed E-state index contributed by atoms with van der Waals surface area (Å²) in [6.45, 7) is 8.05. The summed E-state index contributed by atoms with van der Waals surface area (Å²) in [5.41, 5.74) is 4.47. The number of benzene rings is 3. The molecule has 1 saturated carbocycles. The number of rotatable bonds is 9. The van der Waals surface area contributed by atoms with Gasteiger partial charge >= 0.3 is 5.97 Å². The van der Waals surface area contributed by atoms with E-state index < -0.39 is 0 Å². The quantitative estimate of drug-likeness (QED) is 0.223. The molecule has 2 aliphatic carbocycles. The maximum Gasteiger partial charge on any atom is 0.303 e. The monoisotopic (exact) mass is 660 g/mol. The first-order chi connectivity index (χ1) is 22.2. The van der Waals surface area contributed by atoms with Gasteiger partial charge in [-0.2, -0.15) is 0 Å². The highest BCUT2D eigenvalue weighted by atomic mass is 35.5. The van der Waals surface area contributed by atoms with Crippen LogP contribution in [0.3, 0.4) is 0 Å². The fraction of sp³-hybridized carbons (Fsp3) is 0.474. The van der Waals surface area contributed by atoms with Crippen molar-refractivity contribution in [3.8, 4) is 5.75 Å². The fourth-order valence-corrected chi connectivity index (χ4v) is 9.47. The molecule has 0 N–H and O–H groups in total. The number of carbonyl (C=O) groups is 2.